The van der Waals surface area contributed by atoms with E-state index >= 15 is 0 Å². The molecule has 1 unspecified atom stereocenters. The van der Waals surface area contributed by atoms with E-state index in [2.05, 4.69) is 0 Å². The van der Waals surface area contributed by atoms with Crippen LogP contribution in [0.4, 0.5) is 13.2 Å². The van der Waals surface area contributed by atoms with E-state index in [1.165, 1.54) is 6.08 Å². The summed E-state index contributed by atoms with van der Waals surface area (Å²) in [6, 6.07) is 1.62. The van der Waals surface area contributed by atoms with E-state index in [0.717, 1.165) is 6.92 Å². The maximum atomic E-state index is 12.7. The molecule has 0 fully saturated rings. The monoisotopic (exact) mass is 201 g/mol. The van der Waals surface area contributed by atoms with Crippen molar-refractivity contribution in [3.8, 4) is 6.07 Å². The lowest BCUT2D eigenvalue weighted by atomic mass is 9.74. The van der Waals surface area contributed by atoms with Crippen molar-refractivity contribution in [1.29, 1.82) is 5.26 Å². The Labute approximate surface area is 80.5 Å². The van der Waals surface area contributed by atoms with Crippen molar-refractivity contribution in [2.75, 3.05) is 0 Å². The van der Waals surface area contributed by atoms with E-state index in [9.17, 15) is 13.2 Å². The molecule has 0 amide bonds. The van der Waals surface area contributed by atoms with Gasteiger partial charge in [0.2, 0.25) is 0 Å². The summed E-state index contributed by atoms with van der Waals surface area (Å²) in [7, 11) is 0. The molecule has 0 bridgehead atoms. The van der Waals surface area contributed by atoms with Crippen molar-refractivity contribution >= 4 is 0 Å². The highest BCUT2D eigenvalue weighted by molar-refractivity contribution is 5.39. The average Bonchev–Trinajstić information content (AvgIpc) is 2.02. The number of allylic oxidation sites excluding steroid dienone is 4. The molecule has 0 saturated heterocycles. The van der Waals surface area contributed by atoms with Gasteiger partial charge in [-0.3, -0.25) is 0 Å². The van der Waals surface area contributed by atoms with Gasteiger partial charge in [0.25, 0.3) is 0 Å². The van der Waals surface area contributed by atoms with Gasteiger partial charge in [-0.2, -0.15) is 18.4 Å². The summed E-state index contributed by atoms with van der Waals surface area (Å²) in [6.45, 7) is 2.70. The van der Waals surface area contributed by atoms with Crippen LogP contribution in [0.1, 0.15) is 20.3 Å². The van der Waals surface area contributed by atoms with Crippen LogP contribution in [0.25, 0.3) is 0 Å². The second-order valence-electron chi connectivity index (χ2n) is 3.71. The van der Waals surface area contributed by atoms with Gasteiger partial charge in [-0.1, -0.05) is 11.6 Å². The smallest absolute Gasteiger partial charge is 0.193 e. The third-order valence-corrected chi connectivity index (χ3v) is 2.51. The van der Waals surface area contributed by atoms with Gasteiger partial charge < -0.3 is 0 Å². The minimum Gasteiger partial charge on any atom is -0.193 e. The Balaban J connectivity index is 3.20. The molecule has 0 aromatic rings. The topological polar surface area (TPSA) is 23.8 Å². The molecule has 1 aliphatic rings. The predicted molar refractivity (Wildman–Crippen MR) is 46.2 cm³/mol. The van der Waals surface area contributed by atoms with Crippen molar-refractivity contribution in [3.05, 3.63) is 23.3 Å². The van der Waals surface area contributed by atoms with Crippen LogP contribution < -0.4 is 0 Å². The molecular formula is C10H10F3N. The Bertz CT molecular complexity index is 343. The van der Waals surface area contributed by atoms with Gasteiger partial charge in [-0.15, -0.1) is 0 Å². The number of hydrogen-bond acceptors (Lipinski definition) is 1. The van der Waals surface area contributed by atoms with E-state index in [4.69, 9.17) is 5.26 Å². The molecule has 0 aromatic carbocycles. The molecule has 1 aliphatic carbocycles. The number of alkyl halides is 3. The van der Waals surface area contributed by atoms with E-state index in [1.54, 1.807) is 19.1 Å². The normalized spacial score (nSPS) is 27.7. The predicted octanol–water partition coefficient (Wildman–Crippen LogP) is 3.35. The molecule has 76 valence electrons. The summed E-state index contributed by atoms with van der Waals surface area (Å²) >= 11 is 0. The molecule has 4 heteroatoms. The van der Waals surface area contributed by atoms with Crippen LogP contribution in [-0.4, -0.2) is 6.18 Å². The van der Waals surface area contributed by atoms with Gasteiger partial charge in [0, 0.05) is 5.57 Å². The molecule has 0 saturated carbocycles. The minimum atomic E-state index is -4.37. The maximum absolute atomic E-state index is 12.7. The van der Waals surface area contributed by atoms with Gasteiger partial charge in [0.15, 0.2) is 0 Å². The van der Waals surface area contributed by atoms with Crippen LogP contribution in [0, 0.1) is 16.7 Å². The summed E-state index contributed by atoms with van der Waals surface area (Å²) in [6.07, 6.45) is -1.68. The molecule has 0 aromatic heterocycles. The highest BCUT2D eigenvalue weighted by Crippen LogP contribution is 2.49. The van der Waals surface area contributed by atoms with Crippen LogP contribution in [0.2, 0.25) is 0 Å². The largest absolute Gasteiger partial charge is 0.399 e. The lowest BCUT2D eigenvalue weighted by Crippen LogP contribution is -2.38. The third kappa shape index (κ3) is 1.54. The first-order chi connectivity index (χ1) is 6.31. The number of rotatable bonds is 0. The zero-order valence-electron chi connectivity index (χ0n) is 7.94. The Morgan fingerprint density at radius 1 is 1.43 bits per heavy atom. The third-order valence-electron chi connectivity index (χ3n) is 2.51. The van der Waals surface area contributed by atoms with Crippen molar-refractivity contribution in [3.63, 3.8) is 0 Å². The lowest BCUT2D eigenvalue weighted by molar-refractivity contribution is -0.202. The van der Waals surface area contributed by atoms with Crippen LogP contribution in [0.15, 0.2) is 23.3 Å². The number of nitriles is 1. The molecular weight excluding hydrogens is 191 g/mol. The molecule has 1 rings (SSSR count). The van der Waals surface area contributed by atoms with E-state index < -0.39 is 11.6 Å². The van der Waals surface area contributed by atoms with Crippen molar-refractivity contribution < 1.29 is 13.2 Å². The van der Waals surface area contributed by atoms with Gasteiger partial charge in [-0.05, 0) is 26.3 Å². The summed E-state index contributed by atoms with van der Waals surface area (Å²) in [4.78, 5) is 0. The highest BCUT2D eigenvalue weighted by atomic mass is 19.4. The van der Waals surface area contributed by atoms with E-state index in [1.807, 2.05) is 0 Å². The van der Waals surface area contributed by atoms with Crippen LogP contribution in [-0.2, 0) is 0 Å². The second-order valence-corrected chi connectivity index (χ2v) is 3.71. The maximum Gasteiger partial charge on any atom is 0.399 e. The first-order valence-corrected chi connectivity index (χ1v) is 4.16. The summed E-state index contributed by atoms with van der Waals surface area (Å²) in [5, 5.41) is 8.63. The molecule has 0 aliphatic heterocycles. The Morgan fingerprint density at radius 2 is 2.00 bits per heavy atom. The average molecular weight is 201 g/mol. The molecule has 14 heavy (non-hydrogen) atoms. The lowest BCUT2D eigenvalue weighted by Gasteiger charge is -2.33. The van der Waals surface area contributed by atoms with E-state index in [0.29, 0.717) is 5.57 Å². The summed E-state index contributed by atoms with van der Waals surface area (Å²) in [5.41, 5.74) is -1.58. The summed E-state index contributed by atoms with van der Waals surface area (Å²) < 4.78 is 38.2. The molecule has 0 heterocycles. The zero-order valence-corrected chi connectivity index (χ0v) is 7.94. The van der Waals surface area contributed by atoms with Crippen molar-refractivity contribution in [2.45, 2.75) is 26.4 Å². The van der Waals surface area contributed by atoms with E-state index in [-0.39, 0.29) is 12.0 Å². The Morgan fingerprint density at radius 3 is 2.43 bits per heavy atom. The number of hydrogen-bond donors (Lipinski definition) is 0. The second kappa shape index (κ2) is 3.16. The fraction of sp³-hybridized carbons (Fsp3) is 0.500. The fourth-order valence-corrected chi connectivity index (χ4v) is 1.53. The fourth-order valence-electron chi connectivity index (χ4n) is 1.53. The van der Waals surface area contributed by atoms with Crippen molar-refractivity contribution in [1.82, 2.24) is 0 Å². The quantitative estimate of drug-likeness (QED) is 0.589. The summed E-state index contributed by atoms with van der Waals surface area (Å²) in [5.74, 6) is 0. The van der Waals surface area contributed by atoms with Crippen LogP contribution >= 0.6 is 0 Å². The van der Waals surface area contributed by atoms with Gasteiger partial charge >= 0.3 is 6.18 Å². The molecule has 0 radical (unpaired) electrons. The first-order valence-electron chi connectivity index (χ1n) is 4.16. The SMILES string of the molecule is CC1=CC=C(C#N)C(C)(C(F)(F)F)C1. The number of nitrogens with zero attached hydrogens (tertiary/aromatic N) is 1. The molecule has 0 spiro atoms. The van der Waals surface area contributed by atoms with Gasteiger partial charge in [0.1, 0.15) is 5.41 Å². The zero-order chi connectivity index (χ0) is 11.0. The Kier molecular flexibility index (Phi) is 2.45. The van der Waals surface area contributed by atoms with Crippen molar-refractivity contribution in [2.24, 2.45) is 5.41 Å². The highest BCUT2D eigenvalue weighted by Gasteiger charge is 2.54. The first kappa shape index (κ1) is 10.8. The minimum absolute atomic E-state index is 0.129. The molecule has 1 nitrogen and oxygen atoms in total. The standard InChI is InChI=1S/C10H10F3N/c1-7-3-4-8(6-14)9(2,5-7)10(11,12)13/h3-4H,5H2,1-2H3. The number of halogens is 3. The van der Waals surface area contributed by atoms with Gasteiger partial charge in [-0.25, -0.2) is 0 Å². The van der Waals surface area contributed by atoms with Crippen LogP contribution in [0.5, 0.6) is 0 Å². The van der Waals surface area contributed by atoms with Crippen LogP contribution in [0.3, 0.4) is 0 Å². The Hall–Kier alpha value is -1.24. The molecule has 0 N–H and O–H groups in total. The molecule has 1 atom stereocenters. The van der Waals surface area contributed by atoms with Gasteiger partial charge in [0.05, 0.1) is 6.07 Å².